The summed E-state index contributed by atoms with van der Waals surface area (Å²) < 4.78 is 25.4. The molecule has 0 bridgehead atoms. The van der Waals surface area contributed by atoms with Gasteiger partial charge in [0.2, 0.25) is 0 Å². The lowest BCUT2D eigenvalue weighted by atomic mass is 10.1. The summed E-state index contributed by atoms with van der Waals surface area (Å²) >= 11 is 0. The van der Waals surface area contributed by atoms with E-state index in [4.69, 9.17) is 10.6 Å². The lowest BCUT2D eigenvalue weighted by Gasteiger charge is -2.19. The molecule has 0 radical (unpaired) electrons. The molecule has 15 heavy (non-hydrogen) atoms. The maximum Gasteiger partial charge on any atom is 0.266 e. The molecule has 0 amide bonds. The number of hydrogen-bond acceptors (Lipinski definition) is 3. The van der Waals surface area contributed by atoms with Gasteiger partial charge in [-0.2, -0.15) is 0 Å². The molecule has 2 rings (SSSR count). The molecule has 3 nitrogen and oxygen atoms in total. The highest BCUT2D eigenvalue weighted by molar-refractivity contribution is 5.59. The molecule has 1 heterocycles. The summed E-state index contributed by atoms with van der Waals surface area (Å²) in [6.45, 7) is 1.22. The van der Waals surface area contributed by atoms with E-state index in [0.29, 0.717) is 24.5 Å². The number of alkyl halides is 2. The highest BCUT2D eigenvalue weighted by atomic mass is 19.3. The summed E-state index contributed by atoms with van der Waals surface area (Å²) in [6, 6.07) is 4.46. The molecule has 0 spiro atoms. The summed E-state index contributed by atoms with van der Waals surface area (Å²) in [4.78, 5) is 5.23. The Balaban J connectivity index is 2.36. The zero-order chi connectivity index (χ0) is 10.8. The first-order valence-corrected chi connectivity index (χ1v) is 4.76. The number of halogens is 2. The van der Waals surface area contributed by atoms with E-state index in [9.17, 15) is 8.78 Å². The van der Waals surface area contributed by atoms with E-state index in [0.717, 1.165) is 6.42 Å². The van der Waals surface area contributed by atoms with Gasteiger partial charge in [0, 0.05) is 17.8 Å². The van der Waals surface area contributed by atoms with E-state index < -0.39 is 6.43 Å². The van der Waals surface area contributed by atoms with Crippen LogP contribution >= 0.6 is 0 Å². The molecule has 1 aliphatic heterocycles. The molecule has 82 valence electrons. The van der Waals surface area contributed by atoms with E-state index in [1.165, 1.54) is 11.1 Å². The third-order valence-electron chi connectivity index (χ3n) is 2.31. The zero-order valence-corrected chi connectivity index (χ0v) is 8.12. The van der Waals surface area contributed by atoms with Gasteiger partial charge in [-0.25, -0.2) is 8.78 Å². The van der Waals surface area contributed by atoms with Crippen LogP contribution in [0.15, 0.2) is 18.2 Å². The monoisotopic (exact) mass is 214 g/mol. The first-order valence-electron chi connectivity index (χ1n) is 4.76. The predicted octanol–water partition coefficient (Wildman–Crippen LogP) is 2.35. The van der Waals surface area contributed by atoms with Crippen LogP contribution in [0.3, 0.4) is 0 Å². The molecular formula is C10H12F2N2O. The Labute approximate surface area is 86.4 Å². The van der Waals surface area contributed by atoms with Crippen molar-refractivity contribution in [3.8, 4) is 0 Å². The van der Waals surface area contributed by atoms with Gasteiger partial charge in [-0.15, -0.1) is 0 Å². The summed E-state index contributed by atoms with van der Waals surface area (Å²) in [5, 5.41) is 1.50. The number of rotatable bonds is 2. The Morgan fingerprint density at radius 3 is 2.80 bits per heavy atom. The minimum atomic E-state index is -2.53. The van der Waals surface area contributed by atoms with E-state index >= 15 is 0 Å². The number of hydrogen-bond donors (Lipinski definition) is 1. The Bertz CT molecular complexity index is 351. The fourth-order valence-corrected chi connectivity index (χ4v) is 1.61. The predicted molar refractivity (Wildman–Crippen MR) is 53.7 cm³/mol. The fourth-order valence-electron chi connectivity index (χ4n) is 1.61. The van der Waals surface area contributed by atoms with Crippen molar-refractivity contribution in [2.45, 2.75) is 12.8 Å². The fraction of sp³-hybridized carbons (Fsp3) is 0.400. The van der Waals surface area contributed by atoms with Gasteiger partial charge in [0.05, 0.1) is 12.3 Å². The van der Waals surface area contributed by atoms with Crippen LogP contribution in [0.1, 0.15) is 18.4 Å². The van der Waals surface area contributed by atoms with Crippen LogP contribution in [0.2, 0.25) is 0 Å². The Hall–Kier alpha value is -1.36. The highest BCUT2D eigenvalue weighted by Gasteiger charge is 2.21. The zero-order valence-electron chi connectivity index (χ0n) is 8.12. The van der Waals surface area contributed by atoms with Crippen LogP contribution in [0.25, 0.3) is 0 Å². The van der Waals surface area contributed by atoms with Gasteiger partial charge < -0.3 is 5.73 Å². The van der Waals surface area contributed by atoms with Crippen LogP contribution in [0.5, 0.6) is 0 Å². The molecule has 1 saturated heterocycles. The molecule has 1 aromatic rings. The summed E-state index contributed by atoms with van der Waals surface area (Å²) in [6.07, 6.45) is -1.68. The van der Waals surface area contributed by atoms with Gasteiger partial charge in [-0.3, -0.25) is 9.90 Å². The number of nitrogens with two attached hydrogens (primary N) is 1. The highest BCUT2D eigenvalue weighted by Crippen LogP contribution is 2.32. The standard InChI is InChI=1S/C10H12F2N2O/c11-10(12)8-6-7(13)2-3-9(8)14-4-1-5-15-14/h2-3,6,10H,1,4-5,13H2. The molecule has 2 N–H and O–H groups in total. The molecule has 1 fully saturated rings. The second-order valence-electron chi connectivity index (χ2n) is 3.41. The summed E-state index contributed by atoms with van der Waals surface area (Å²) in [5.41, 5.74) is 6.15. The smallest absolute Gasteiger partial charge is 0.266 e. The molecule has 1 aromatic carbocycles. The summed E-state index contributed by atoms with van der Waals surface area (Å²) in [7, 11) is 0. The van der Waals surface area contributed by atoms with Crippen LogP contribution in [-0.4, -0.2) is 13.2 Å². The minimum absolute atomic E-state index is 0.0723. The van der Waals surface area contributed by atoms with Gasteiger partial charge in [-0.1, -0.05) is 0 Å². The molecule has 0 aliphatic carbocycles. The van der Waals surface area contributed by atoms with Crippen LogP contribution in [0.4, 0.5) is 20.2 Å². The van der Waals surface area contributed by atoms with Crippen molar-refractivity contribution >= 4 is 11.4 Å². The number of anilines is 2. The van der Waals surface area contributed by atoms with Gasteiger partial charge in [0.15, 0.2) is 0 Å². The Morgan fingerprint density at radius 2 is 2.20 bits per heavy atom. The molecule has 0 saturated carbocycles. The second-order valence-corrected chi connectivity index (χ2v) is 3.41. The van der Waals surface area contributed by atoms with Gasteiger partial charge in [-0.05, 0) is 24.6 Å². The third kappa shape index (κ3) is 2.02. The Morgan fingerprint density at radius 1 is 1.40 bits per heavy atom. The van der Waals surface area contributed by atoms with Gasteiger partial charge in [0.25, 0.3) is 6.43 Å². The van der Waals surface area contributed by atoms with E-state index in [-0.39, 0.29) is 5.56 Å². The lowest BCUT2D eigenvalue weighted by molar-refractivity contribution is 0.142. The molecule has 0 atom stereocenters. The maximum atomic E-state index is 12.7. The van der Waals surface area contributed by atoms with Crippen molar-refractivity contribution < 1.29 is 13.6 Å². The number of hydroxylamine groups is 1. The first kappa shape index (κ1) is 10.2. The maximum absolute atomic E-state index is 12.7. The lowest BCUT2D eigenvalue weighted by Crippen LogP contribution is -2.18. The summed E-state index contributed by atoms with van der Waals surface area (Å²) in [5.74, 6) is 0. The topological polar surface area (TPSA) is 38.5 Å². The molecular weight excluding hydrogens is 202 g/mol. The number of benzene rings is 1. The van der Waals surface area contributed by atoms with Gasteiger partial charge >= 0.3 is 0 Å². The van der Waals surface area contributed by atoms with E-state index in [1.807, 2.05) is 0 Å². The van der Waals surface area contributed by atoms with Crippen molar-refractivity contribution in [3.05, 3.63) is 23.8 Å². The quantitative estimate of drug-likeness (QED) is 0.768. The van der Waals surface area contributed by atoms with Crippen molar-refractivity contribution in [1.82, 2.24) is 0 Å². The largest absolute Gasteiger partial charge is 0.399 e. The van der Waals surface area contributed by atoms with E-state index in [1.54, 1.807) is 12.1 Å². The number of nitrogens with zero attached hydrogens (tertiary/aromatic N) is 1. The second kappa shape index (κ2) is 4.02. The van der Waals surface area contributed by atoms with Crippen molar-refractivity contribution in [2.75, 3.05) is 23.9 Å². The molecule has 1 aliphatic rings. The van der Waals surface area contributed by atoms with Gasteiger partial charge in [0.1, 0.15) is 0 Å². The normalized spacial score (nSPS) is 16.3. The van der Waals surface area contributed by atoms with Crippen LogP contribution in [0, 0.1) is 0 Å². The van der Waals surface area contributed by atoms with Crippen molar-refractivity contribution in [2.24, 2.45) is 0 Å². The minimum Gasteiger partial charge on any atom is -0.399 e. The number of nitrogen functional groups attached to an aromatic ring is 1. The van der Waals surface area contributed by atoms with Crippen molar-refractivity contribution in [3.63, 3.8) is 0 Å². The average Bonchev–Trinajstić information content (AvgIpc) is 2.70. The Kier molecular flexibility index (Phi) is 2.73. The molecule has 5 heteroatoms. The van der Waals surface area contributed by atoms with Crippen molar-refractivity contribution in [1.29, 1.82) is 0 Å². The van der Waals surface area contributed by atoms with Crippen LogP contribution in [-0.2, 0) is 4.84 Å². The average molecular weight is 214 g/mol. The first-order chi connectivity index (χ1) is 7.18. The van der Waals surface area contributed by atoms with Crippen LogP contribution < -0.4 is 10.8 Å². The SMILES string of the molecule is Nc1ccc(N2CCCO2)c(C(F)F)c1. The molecule has 0 aromatic heterocycles. The third-order valence-corrected chi connectivity index (χ3v) is 2.31. The molecule has 0 unspecified atom stereocenters. The van der Waals surface area contributed by atoms with E-state index in [2.05, 4.69) is 0 Å².